The second kappa shape index (κ2) is 5.89. The Morgan fingerprint density at radius 2 is 1.85 bits per heavy atom. The van der Waals surface area contributed by atoms with Crippen molar-refractivity contribution < 1.29 is 19.4 Å². The van der Waals surface area contributed by atoms with Gasteiger partial charge < -0.3 is 9.84 Å². The molecule has 0 aliphatic rings. The molecule has 100 valence electrons. The molecule has 0 radical (unpaired) electrons. The highest BCUT2D eigenvalue weighted by Gasteiger charge is 2.08. The SMILES string of the molecule is COC(=O)CC#Cc1cccc2c(C(=O)O)cccc12. The monoisotopic (exact) mass is 268 g/mol. The number of fused-ring (bicyclic) bond motifs is 1. The number of ether oxygens (including phenoxy) is 1. The Balaban J connectivity index is 2.48. The van der Waals surface area contributed by atoms with Crippen LogP contribution in [0, 0.1) is 11.8 Å². The number of methoxy groups -OCH3 is 1. The number of aromatic carboxylic acids is 1. The molecule has 0 saturated carbocycles. The molecule has 2 aromatic rings. The number of hydrogen-bond donors (Lipinski definition) is 1. The summed E-state index contributed by atoms with van der Waals surface area (Å²) in [6.07, 6.45) is 0.00547. The lowest BCUT2D eigenvalue weighted by molar-refractivity contribution is -0.139. The van der Waals surface area contributed by atoms with Gasteiger partial charge >= 0.3 is 11.9 Å². The van der Waals surface area contributed by atoms with E-state index in [9.17, 15) is 9.59 Å². The van der Waals surface area contributed by atoms with E-state index in [2.05, 4.69) is 16.6 Å². The highest BCUT2D eigenvalue weighted by Crippen LogP contribution is 2.22. The number of carboxylic acids is 1. The molecule has 0 unspecified atom stereocenters. The van der Waals surface area contributed by atoms with Crippen LogP contribution in [0.5, 0.6) is 0 Å². The standard InChI is InChI=1S/C16H12O4/c1-20-15(17)10-3-6-11-5-2-8-13-12(11)7-4-9-14(13)16(18)19/h2,4-5,7-9H,10H2,1H3,(H,18,19). The molecule has 2 rings (SSSR count). The van der Waals surface area contributed by atoms with Crippen LogP contribution < -0.4 is 0 Å². The van der Waals surface area contributed by atoms with Crippen molar-refractivity contribution in [2.45, 2.75) is 6.42 Å². The van der Waals surface area contributed by atoms with Crippen molar-refractivity contribution in [1.82, 2.24) is 0 Å². The first kappa shape index (κ1) is 13.6. The minimum Gasteiger partial charge on any atom is -0.478 e. The molecule has 0 aliphatic carbocycles. The zero-order valence-electron chi connectivity index (χ0n) is 10.8. The third kappa shape index (κ3) is 2.78. The van der Waals surface area contributed by atoms with E-state index >= 15 is 0 Å². The van der Waals surface area contributed by atoms with Crippen LogP contribution in [0.1, 0.15) is 22.3 Å². The van der Waals surface area contributed by atoms with Crippen LogP contribution >= 0.6 is 0 Å². The summed E-state index contributed by atoms with van der Waals surface area (Å²) in [5, 5.41) is 10.5. The Morgan fingerprint density at radius 1 is 1.15 bits per heavy atom. The van der Waals surface area contributed by atoms with Gasteiger partial charge in [-0.25, -0.2) is 4.79 Å². The van der Waals surface area contributed by atoms with Gasteiger partial charge in [-0.05, 0) is 22.9 Å². The minimum atomic E-state index is -0.977. The maximum absolute atomic E-state index is 11.2. The van der Waals surface area contributed by atoms with E-state index < -0.39 is 11.9 Å². The van der Waals surface area contributed by atoms with E-state index in [1.807, 2.05) is 6.07 Å². The van der Waals surface area contributed by atoms with Crippen LogP contribution in [0.3, 0.4) is 0 Å². The van der Waals surface area contributed by atoms with Gasteiger partial charge in [-0.2, -0.15) is 0 Å². The summed E-state index contributed by atoms with van der Waals surface area (Å²) in [5.74, 6) is 4.22. The first-order chi connectivity index (χ1) is 9.63. The summed E-state index contributed by atoms with van der Waals surface area (Å²) in [5.41, 5.74) is 0.925. The molecule has 0 spiro atoms. The van der Waals surface area contributed by atoms with Crippen LogP contribution in [0.2, 0.25) is 0 Å². The molecule has 4 heteroatoms. The maximum Gasteiger partial charge on any atom is 0.336 e. The van der Waals surface area contributed by atoms with Gasteiger partial charge in [-0.3, -0.25) is 4.79 Å². The molecule has 20 heavy (non-hydrogen) atoms. The van der Waals surface area contributed by atoms with Crippen molar-refractivity contribution in [2.24, 2.45) is 0 Å². The Kier molecular flexibility index (Phi) is 4.02. The Bertz CT molecular complexity index is 735. The molecule has 0 heterocycles. The molecule has 0 aliphatic heterocycles. The lowest BCUT2D eigenvalue weighted by Gasteiger charge is -2.04. The van der Waals surface area contributed by atoms with Gasteiger partial charge in [0.05, 0.1) is 12.7 Å². The summed E-state index contributed by atoms with van der Waals surface area (Å²) < 4.78 is 4.51. The van der Waals surface area contributed by atoms with E-state index in [0.717, 1.165) is 5.39 Å². The highest BCUT2D eigenvalue weighted by molar-refractivity contribution is 6.05. The largest absolute Gasteiger partial charge is 0.478 e. The lowest BCUT2D eigenvalue weighted by atomic mass is 10.0. The lowest BCUT2D eigenvalue weighted by Crippen LogP contribution is -1.98. The topological polar surface area (TPSA) is 63.6 Å². The summed E-state index contributed by atoms with van der Waals surface area (Å²) in [4.78, 5) is 22.2. The fraction of sp³-hybridized carbons (Fsp3) is 0.125. The highest BCUT2D eigenvalue weighted by atomic mass is 16.5. The van der Waals surface area contributed by atoms with Gasteiger partial charge in [0.25, 0.3) is 0 Å². The minimum absolute atomic E-state index is 0.00547. The molecule has 0 saturated heterocycles. The van der Waals surface area contributed by atoms with E-state index in [-0.39, 0.29) is 12.0 Å². The molecular formula is C16H12O4. The van der Waals surface area contributed by atoms with E-state index in [1.165, 1.54) is 7.11 Å². The first-order valence-electron chi connectivity index (χ1n) is 5.94. The number of carbonyl (C=O) groups is 2. The predicted octanol–water partition coefficient (Wildman–Crippen LogP) is 2.45. The number of rotatable bonds is 2. The Labute approximate surface area is 116 Å². The Hall–Kier alpha value is -2.80. The second-order valence-corrected chi connectivity index (χ2v) is 4.07. The summed E-state index contributed by atoms with van der Waals surface area (Å²) in [6.45, 7) is 0. The van der Waals surface area contributed by atoms with Crippen molar-refractivity contribution in [2.75, 3.05) is 7.11 Å². The number of esters is 1. The van der Waals surface area contributed by atoms with E-state index in [4.69, 9.17) is 5.11 Å². The molecule has 4 nitrogen and oxygen atoms in total. The zero-order valence-corrected chi connectivity index (χ0v) is 10.8. The fourth-order valence-electron chi connectivity index (χ4n) is 1.89. The van der Waals surface area contributed by atoms with E-state index in [0.29, 0.717) is 10.9 Å². The zero-order chi connectivity index (χ0) is 14.5. The Morgan fingerprint density at radius 3 is 2.55 bits per heavy atom. The molecule has 2 aromatic carbocycles. The van der Waals surface area contributed by atoms with Gasteiger partial charge in [0.2, 0.25) is 0 Å². The summed E-state index contributed by atoms with van der Waals surface area (Å²) in [6, 6.07) is 10.3. The molecule has 0 amide bonds. The predicted molar refractivity (Wildman–Crippen MR) is 74.4 cm³/mol. The van der Waals surface area contributed by atoms with Crippen molar-refractivity contribution in [3.63, 3.8) is 0 Å². The van der Waals surface area contributed by atoms with Gasteiger partial charge in [0, 0.05) is 5.56 Å². The second-order valence-electron chi connectivity index (χ2n) is 4.07. The number of carboxylic acid groups (broad SMARTS) is 1. The van der Waals surface area contributed by atoms with Gasteiger partial charge in [0.15, 0.2) is 0 Å². The molecule has 0 fully saturated rings. The molecule has 1 N–H and O–H groups in total. The quantitative estimate of drug-likeness (QED) is 0.671. The van der Waals surface area contributed by atoms with Gasteiger partial charge in [0.1, 0.15) is 6.42 Å². The van der Waals surface area contributed by atoms with Crippen molar-refractivity contribution >= 4 is 22.7 Å². The van der Waals surface area contributed by atoms with Crippen molar-refractivity contribution in [3.8, 4) is 11.8 Å². The number of hydrogen-bond acceptors (Lipinski definition) is 3. The van der Waals surface area contributed by atoms with Gasteiger partial charge in [-0.15, -0.1) is 0 Å². The summed E-state index contributed by atoms with van der Waals surface area (Å²) >= 11 is 0. The molecule has 0 aromatic heterocycles. The average Bonchev–Trinajstić information content (AvgIpc) is 2.46. The molecule has 0 bridgehead atoms. The van der Waals surface area contributed by atoms with Crippen LogP contribution in [0.4, 0.5) is 0 Å². The normalized spacial score (nSPS) is 9.65. The van der Waals surface area contributed by atoms with Crippen molar-refractivity contribution in [1.29, 1.82) is 0 Å². The van der Waals surface area contributed by atoms with Crippen LogP contribution in [0.25, 0.3) is 10.8 Å². The number of carbonyl (C=O) groups excluding carboxylic acids is 1. The fourth-order valence-corrected chi connectivity index (χ4v) is 1.89. The summed E-state index contributed by atoms with van der Waals surface area (Å²) in [7, 11) is 1.31. The third-order valence-corrected chi connectivity index (χ3v) is 2.84. The molecular weight excluding hydrogens is 256 g/mol. The van der Waals surface area contributed by atoms with Crippen LogP contribution in [-0.2, 0) is 9.53 Å². The number of benzene rings is 2. The molecule has 0 atom stereocenters. The van der Waals surface area contributed by atoms with Crippen molar-refractivity contribution in [3.05, 3.63) is 47.5 Å². The first-order valence-corrected chi connectivity index (χ1v) is 5.94. The third-order valence-electron chi connectivity index (χ3n) is 2.84. The van der Waals surface area contributed by atoms with E-state index in [1.54, 1.807) is 30.3 Å². The smallest absolute Gasteiger partial charge is 0.336 e. The maximum atomic E-state index is 11.2. The van der Waals surface area contributed by atoms with Crippen LogP contribution in [-0.4, -0.2) is 24.2 Å². The van der Waals surface area contributed by atoms with Gasteiger partial charge in [-0.1, -0.05) is 36.1 Å². The van der Waals surface area contributed by atoms with Crippen LogP contribution in [0.15, 0.2) is 36.4 Å². The average molecular weight is 268 g/mol.